The van der Waals surface area contributed by atoms with Gasteiger partial charge in [-0.05, 0) is 36.1 Å². The molecule has 1 amide bonds. The van der Waals surface area contributed by atoms with E-state index < -0.39 is 0 Å². The number of aryl methyl sites for hydroxylation is 1. The molecule has 0 N–H and O–H groups in total. The van der Waals surface area contributed by atoms with E-state index in [4.69, 9.17) is 11.6 Å². The molecule has 4 nitrogen and oxygen atoms in total. The predicted octanol–water partition coefficient (Wildman–Crippen LogP) is 2.77. The van der Waals surface area contributed by atoms with E-state index in [1.165, 1.54) is 10.4 Å². The maximum Gasteiger partial charge on any atom is 0.274 e. The number of aromatic nitrogens is 2. The van der Waals surface area contributed by atoms with Gasteiger partial charge in [-0.25, -0.2) is 0 Å². The first-order valence-electron chi connectivity index (χ1n) is 5.35. The molecular formula is C12H12ClN3OS. The van der Waals surface area contributed by atoms with Crippen molar-refractivity contribution in [1.29, 1.82) is 0 Å². The third-order valence-corrected chi connectivity index (χ3v) is 3.76. The van der Waals surface area contributed by atoms with E-state index >= 15 is 0 Å². The van der Waals surface area contributed by atoms with Crippen LogP contribution < -0.4 is 0 Å². The van der Waals surface area contributed by atoms with Gasteiger partial charge in [0.15, 0.2) is 10.8 Å². The Morgan fingerprint density at radius 3 is 2.72 bits per heavy atom. The molecule has 0 spiro atoms. The molecule has 2 heterocycles. The highest BCUT2D eigenvalue weighted by atomic mass is 35.5. The van der Waals surface area contributed by atoms with Crippen LogP contribution in [0.5, 0.6) is 0 Å². The van der Waals surface area contributed by atoms with Crippen molar-refractivity contribution in [3.63, 3.8) is 0 Å². The summed E-state index contributed by atoms with van der Waals surface area (Å²) in [7, 11) is 1.75. The maximum absolute atomic E-state index is 12.1. The lowest BCUT2D eigenvalue weighted by molar-refractivity contribution is 0.0779. The molecule has 2 aromatic rings. The van der Waals surface area contributed by atoms with E-state index in [1.54, 1.807) is 35.4 Å². The summed E-state index contributed by atoms with van der Waals surface area (Å²) in [6, 6.07) is 5.18. The summed E-state index contributed by atoms with van der Waals surface area (Å²) in [6.07, 6.45) is 0. The van der Waals surface area contributed by atoms with Gasteiger partial charge in [0, 0.05) is 11.9 Å². The topological polar surface area (TPSA) is 46.1 Å². The third kappa shape index (κ3) is 2.86. The summed E-state index contributed by atoms with van der Waals surface area (Å²) in [5, 5.41) is 9.75. The highest BCUT2D eigenvalue weighted by Gasteiger charge is 2.15. The zero-order chi connectivity index (χ0) is 13.1. The predicted molar refractivity (Wildman–Crippen MR) is 71.9 cm³/mol. The molecular weight excluding hydrogens is 270 g/mol. The zero-order valence-electron chi connectivity index (χ0n) is 10.1. The van der Waals surface area contributed by atoms with Gasteiger partial charge in [-0.3, -0.25) is 4.79 Å². The van der Waals surface area contributed by atoms with Gasteiger partial charge in [-0.1, -0.05) is 11.6 Å². The molecule has 0 saturated heterocycles. The van der Waals surface area contributed by atoms with Gasteiger partial charge in [-0.2, -0.15) is 0 Å². The van der Waals surface area contributed by atoms with Crippen molar-refractivity contribution in [1.82, 2.24) is 15.1 Å². The molecule has 0 radical (unpaired) electrons. The summed E-state index contributed by atoms with van der Waals surface area (Å²) in [5.41, 5.74) is 1.50. The van der Waals surface area contributed by atoms with Crippen LogP contribution in [0.1, 0.15) is 20.9 Å². The average Bonchev–Trinajstić information content (AvgIpc) is 2.75. The fourth-order valence-corrected chi connectivity index (χ4v) is 2.54. The summed E-state index contributed by atoms with van der Waals surface area (Å²) < 4.78 is 0. The monoisotopic (exact) mass is 281 g/mol. The average molecular weight is 282 g/mol. The lowest BCUT2D eigenvalue weighted by Crippen LogP contribution is -2.27. The number of rotatable bonds is 3. The Bertz CT molecular complexity index is 553. The fraction of sp³-hybridized carbons (Fsp3) is 0.250. The summed E-state index contributed by atoms with van der Waals surface area (Å²) >= 11 is 7.28. The van der Waals surface area contributed by atoms with Crippen molar-refractivity contribution in [2.75, 3.05) is 7.05 Å². The number of thiophene rings is 1. The minimum atomic E-state index is -0.160. The van der Waals surface area contributed by atoms with E-state index in [0.717, 1.165) is 0 Å². The van der Waals surface area contributed by atoms with Gasteiger partial charge in [0.05, 0.1) is 6.54 Å². The van der Waals surface area contributed by atoms with Gasteiger partial charge < -0.3 is 4.90 Å². The van der Waals surface area contributed by atoms with Crippen LogP contribution in [0.25, 0.3) is 0 Å². The second kappa shape index (κ2) is 5.46. The Kier molecular flexibility index (Phi) is 3.93. The number of amides is 1. The highest BCUT2D eigenvalue weighted by molar-refractivity contribution is 7.10. The molecule has 2 aromatic heterocycles. The number of halogens is 1. The van der Waals surface area contributed by atoms with Gasteiger partial charge in [-0.15, -0.1) is 21.5 Å². The molecule has 2 rings (SSSR count). The van der Waals surface area contributed by atoms with Crippen molar-refractivity contribution in [3.05, 3.63) is 44.9 Å². The van der Waals surface area contributed by atoms with E-state index in [9.17, 15) is 4.79 Å². The SMILES string of the molecule is Cc1ccsc1CN(C)C(=O)c1ccc(Cl)nn1. The molecule has 0 aliphatic heterocycles. The molecule has 0 aliphatic rings. The van der Waals surface area contributed by atoms with Crippen LogP contribution in [0.4, 0.5) is 0 Å². The number of carbonyl (C=O) groups excluding carboxylic acids is 1. The number of carbonyl (C=O) groups is 1. The molecule has 0 atom stereocenters. The summed E-state index contributed by atoms with van der Waals surface area (Å²) in [6.45, 7) is 2.61. The minimum Gasteiger partial charge on any atom is -0.335 e. The van der Waals surface area contributed by atoms with Crippen LogP contribution >= 0.6 is 22.9 Å². The first-order chi connectivity index (χ1) is 8.58. The molecule has 6 heteroatoms. The summed E-state index contributed by atoms with van der Waals surface area (Å²) in [5.74, 6) is -0.160. The van der Waals surface area contributed by atoms with Gasteiger partial charge in [0.1, 0.15) is 0 Å². The Labute approximate surface area is 114 Å². The smallest absolute Gasteiger partial charge is 0.274 e. The Hall–Kier alpha value is -1.46. The number of nitrogens with zero attached hydrogens (tertiary/aromatic N) is 3. The van der Waals surface area contributed by atoms with Crippen LogP contribution in [0.3, 0.4) is 0 Å². The Morgan fingerprint density at radius 2 is 2.17 bits per heavy atom. The molecule has 0 fully saturated rings. The van der Waals surface area contributed by atoms with Crippen molar-refractivity contribution in [3.8, 4) is 0 Å². The second-order valence-electron chi connectivity index (χ2n) is 3.93. The van der Waals surface area contributed by atoms with E-state index in [2.05, 4.69) is 10.2 Å². The quantitative estimate of drug-likeness (QED) is 0.869. The highest BCUT2D eigenvalue weighted by Crippen LogP contribution is 2.18. The first kappa shape index (κ1) is 13.0. The number of hydrogen-bond donors (Lipinski definition) is 0. The molecule has 0 aromatic carbocycles. The second-order valence-corrected chi connectivity index (χ2v) is 5.32. The van der Waals surface area contributed by atoms with Crippen LogP contribution in [0.15, 0.2) is 23.6 Å². The molecule has 0 saturated carbocycles. The van der Waals surface area contributed by atoms with Crippen molar-refractivity contribution >= 4 is 28.8 Å². The van der Waals surface area contributed by atoms with Crippen LogP contribution in [-0.2, 0) is 6.54 Å². The molecule has 0 aliphatic carbocycles. The van der Waals surface area contributed by atoms with Crippen molar-refractivity contribution < 1.29 is 4.79 Å². The zero-order valence-corrected chi connectivity index (χ0v) is 11.6. The van der Waals surface area contributed by atoms with Gasteiger partial charge in [0.25, 0.3) is 5.91 Å². The van der Waals surface area contributed by atoms with Crippen molar-refractivity contribution in [2.24, 2.45) is 0 Å². The molecule has 18 heavy (non-hydrogen) atoms. The van der Waals surface area contributed by atoms with Crippen LogP contribution in [0, 0.1) is 6.92 Å². The fourth-order valence-electron chi connectivity index (χ4n) is 1.48. The largest absolute Gasteiger partial charge is 0.335 e. The van der Waals surface area contributed by atoms with Crippen molar-refractivity contribution in [2.45, 2.75) is 13.5 Å². The van der Waals surface area contributed by atoms with E-state index in [-0.39, 0.29) is 11.1 Å². The van der Waals surface area contributed by atoms with Gasteiger partial charge >= 0.3 is 0 Å². The lowest BCUT2D eigenvalue weighted by atomic mass is 10.2. The van der Waals surface area contributed by atoms with E-state index in [0.29, 0.717) is 12.2 Å². The third-order valence-electron chi connectivity index (χ3n) is 2.55. The summed E-state index contributed by atoms with van der Waals surface area (Å²) in [4.78, 5) is 14.9. The van der Waals surface area contributed by atoms with Crippen LogP contribution in [0.2, 0.25) is 5.15 Å². The molecule has 94 valence electrons. The Morgan fingerprint density at radius 1 is 1.39 bits per heavy atom. The maximum atomic E-state index is 12.1. The first-order valence-corrected chi connectivity index (χ1v) is 6.61. The normalized spacial score (nSPS) is 10.4. The number of hydrogen-bond acceptors (Lipinski definition) is 4. The minimum absolute atomic E-state index is 0.160. The van der Waals surface area contributed by atoms with E-state index in [1.807, 2.05) is 18.4 Å². The molecule has 0 unspecified atom stereocenters. The standard InChI is InChI=1S/C12H12ClN3OS/c1-8-5-6-18-10(8)7-16(2)12(17)9-3-4-11(13)15-14-9/h3-6H,7H2,1-2H3. The van der Waals surface area contributed by atoms with Gasteiger partial charge in [0.2, 0.25) is 0 Å². The Balaban J connectivity index is 2.09. The lowest BCUT2D eigenvalue weighted by Gasteiger charge is -2.15. The molecule has 0 bridgehead atoms. The van der Waals surface area contributed by atoms with Crippen LogP contribution in [-0.4, -0.2) is 28.1 Å².